The highest BCUT2D eigenvalue weighted by Gasteiger charge is 2.18. The van der Waals surface area contributed by atoms with Crippen molar-refractivity contribution in [1.82, 2.24) is 4.98 Å². The Morgan fingerprint density at radius 3 is 2.55 bits per heavy atom. The van der Waals surface area contributed by atoms with Gasteiger partial charge in [0.25, 0.3) is 0 Å². The van der Waals surface area contributed by atoms with Gasteiger partial charge in [-0.2, -0.15) is 0 Å². The highest BCUT2D eigenvalue weighted by Crippen LogP contribution is 2.27. The van der Waals surface area contributed by atoms with Crippen molar-refractivity contribution in [3.8, 4) is 11.3 Å². The predicted molar refractivity (Wildman–Crippen MR) is 77.8 cm³/mol. The lowest BCUT2D eigenvalue weighted by Crippen LogP contribution is -2.07. The van der Waals surface area contributed by atoms with Crippen molar-refractivity contribution in [2.45, 2.75) is 4.90 Å². The van der Waals surface area contributed by atoms with Gasteiger partial charge in [-0.15, -0.1) is 11.8 Å². The second-order valence-electron chi connectivity index (χ2n) is 3.87. The maximum Gasteiger partial charge on any atom is 0.358 e. The van der Waals surface area contributed by atoms with Crippen molar-refractivity contribution >= 4 is 29.3 Å². The van der Waals surface area contributed by atoms with Crippen molar-refractivity contribution in [3.05, 3.63) is 46.9 Å². The van der Waals surface area contributed by atoms with Gasteiger partial charge in [-0.05, 0) is 24.5 Å². The van der Waals surface area contributed by atoms with Gasteiger partial charge in [0.05, 0.1) is 12.1 Å². The molecular weight excluding hydrogens is 301 g/mol. The quantitative estimate of drug-likeness (QED) is 0.633. The Kier molecular flexibility index (Phi) is 4.62. The van der Waals surface area contributed by atoms with Gasteiger partial charge in [-0.1, -0.05) is 23.7 Å². The molecule has 1 aromatic heterocycles. The second-order valence-corrected chi connectivity index (χ2v) is 5.16. The van der Waals surface area contributed by atoms with E-state index >= 15 is 0 Å². The maximum atomic E-state index is 14.0. The summed E-state index contributed by atoms with van der Waals surface area (Å²) in [5.74, 6) is -1.28. The van der Waals surface area contributed by atoms with E-state index in [9.17, 15) is 9.18 Å². The molecule has 0 amide bonds. The summed E-state index contributed by atoms with van der Waals surface area (Å²) in [7, 11) is 1.22. The zero-order chi connectivity index (χ0) is 14.7. The van der Waals surface area contributed by atoms with Crippen LogP contribution in [0.1, 0.15) is 10.5 Å². The van der Waals surface area contributed by atoms with Crippen molar-refractivity contribution in [2.75, 3.05) is 13.4 Å². The van der Waals surface area contributed by atoms with Crippen molar-refractivity contribution in [3.63, 3.8) is 0 Å². The first-order valence-corrected chi connectivity index (χ1v) is 7.26. The molecule has 0 bridgehead atoms. The van der Waals surface area contributed by atoms with Gasteiger partial charge in [-0.25, -0.2) is 14.2 Å². The number of benzene rings is 1. The summed E-state index contributed by atoms with van der Waals surface area (Å²) in [6, 6.07) is 8.26. The molecule has 0 aliphatic heterocycles. The van der Waals surface area contributed by atoms with E-state index in [0.717, 1.165) is 11.0 Å². The summed E-state index contributed by atoms with van der Waals surface area (Å²) in [6.45, 7) is 0. The number of esters is 1. The summed E-state index contributed by atoms with van der Waals surface area (Å²) in [6.07, 6.45) is 1.95. The fourth-order valence-corrected chi connectivity index (χ4v) is 2.28. The Bertz CT molecular complexity index is 646. The molecule has 0 fully saturated rings. The Hall–Kier alpha value is -1.59. The normalized spacial score (nSPS) is 10.4. The number of methoxy groups -OCH3 is 1. The molecule has 104 valence electrons. The Morgan fingerprint density at radius 2 is 2.00 bits per heavy atom. The standard InChI is InChI=1S/C14H11ClFNO2S/c1-19-14(18)13-10(15)7-11(16)12(17-13)8-3-5-9(20-2)6-4-8/h3-7H,1-2H3. The van der Waals surface area contributed by atoms with Crippen LogP contribution in [0.4, 0.5) is 4.39 Å². The fourth-order valence-electron chi connectivity index (χ4n) is 1.66. The number of carbonyl (C=O) groups is 1. The number of pyridine rings is 1. The Labute approximate surface area is 125 Å². The molecule has 0 radical (unpaired) electrons. The average molecular weight is 312 g/mol. The van der Waals surface area contributed by atoms with Gasteiger partial charge in [0.1, 0.15) is 5.69 Å². The van der Waals surface area contributed by atoms with Crippen LogP contribution < -0.4 is 0 Å². The number of ether oxygens (including phenoxy) is 1. The number of nitrogens with zero attached hydrogens (tertiary/aromatic N) is 1. The van der Waals surface area contributed by atoms with Gasteiger partial charge in [0, 0.05) is 10.5 Å². The van der Waals surface area contributed by atoms with E-state index in [4.69, 9.17) is 11.6 Å². The van der Waals surface area contributed by atoms with Gasteiger partial charge in [0.2, 0.25) is 0 Å². The highest BCUT2D eigenvalue weighted by molar-refractivity contribution is 7.98. The number of thioether (sulfide) groups is 1. The topological polar surface area (TPSA) is 39.2 Å². The summed E-state index contributed by atoms with van der Waals surface area (Å²) in [5, 5.41) is -0.0705. The van der Waals surface area contributed by atoms with Crippen molar-refractivity contribution < 1.29 is 13.9 Å². The van der Waals surface area contributed by atoms with Crippen molar-refractivity contribution in [2.24, 2.45) is 0 Å². The molecule has 0 saturated heterocycles. The molecule has 0 unspecified atom stereocenters. The largest absolute Gasteiger partial charge is 0.464 e. The maximum absolute atomic E-state index is 14.0. The number of hydrogen-bond donors (Lipinski definition) is 0. The minimum absolute atomic E-state index is 0.0705. The fraction of sp³-hybridized carbons (Fsp3) is 0.143. The molecule has 0 aliphatic rings. The van der Waals surface area contributed by atoms with Crippen LogP contribution in [0.2, 0.25) is 5.02 Å². The first kappa shape index (κ1) is 14.8. The van der Waals surface area contributed by atoms with Crippen molar-refractivity contribution in [1.29, 1.82) is 0 Å². The van der Waals surface area contributed by atoms with Crippen LogP contribution >= 0.6 is 23.4 Å². The SMILES string of the molecule is COC(=O)c1nc(-c2ccc(SC)cc2)c(F)cc1Cl. The summed E-state index contributed by atoms with van der Waals surface area (Å²) in [5.41, 5.74) is 0.545. The molecule has 0 spiro atoms. The number of carbonyl (C=O) groups excluding carboxylic acids is 1. The third-order valence-electron chi connectivity index (χ3n) is 2.67. The molecule has 0 aliphatic carbocycles. The first-order chi connectivity index (χ1) is 9.56. The Morgan fingerprint density at radius 1 is 1.35 bits per heavy atom. The molecule has 2 aromatic rings. The zero-order valence-electron chi connectivity index (χ0n) is 10.8. The molecule has 2 rings (SSSR count). The molecule has 1 aromatic carbocycles. The van der Waals surface area contributed by atoms with E-state index in [1.165, 1.54) is 7.11 Å². The lowest BCUT2D eigenvalue weighted by molar-refractivity contribution is 0.0594. The van der Waals surface area contributed by atoms with E-state index in [2.05, 4.69) is 9.72 Å². The van der Waals surface area contributed by atoms with Crippen LogP contribution in [0.25, 0.3) is 11.3 Å². The first-order valence-electron chi connectivity index (χ1n) is 5.65. The highest BCUT2D eigenvalue weighted by atomic mass is 35.5. The number of rotatable bonds is 3. The minimum Gasteiger partial charge on any atom is -0.464 e. The minimum atomic E-state index is -0.697. The molecular formula is C14H11ClFNO2S. The average Bonchev–Trinajstić information content (AvgIpc) is 2.47. The van der Waals surface area contributed by atoms with E-state index in [1.807, 2.05) is 18.4 Å². The molecule has 0 atom stereocenters. The summed E-state index contributed by atoms with van der Waals surface area (Å²) < 4.78 is 18.5. The van der Waals surface area contributed by atoms with Crippen LogP contribution in [0.5, 0.6) is 0 Å². The van der Waals surface area contributed by atoms with Gasteiger partial charge < -0.3 is 4.74 Å². The zero-order valence-corrected chi connectivity index (χ0v) is 12.4. The number of hydrogen-bond acceptors (Lipinski definition) is 4. The molecule has 0 N–H and O–H groups in total. The predicted octanol–water partition coefficient (Wildman–Crippen LogP) is 4.05. The summed E-state index contributed by atoms with van der Waals surface area (Å²) >= 11 is 7.39. The smallest absolute Gasteiger partial charge is 0.358 e. The van der Waals surface area contributed by atoms with Gasteiger partial charge >= 0.3 is 5.97 Å². The Balaban J connectivity index is 2.52. The van der Waals surface area contributed by atoms with Gasteiger partial charge in [0.15, 0.2) is 11.5 Å². The third-order valence-corrected chi connectivity index (χ3v) is 3.70. The lowest BCUT2D eigenvalue weighted by atomic mass is 10.1. The molecule has 3 nitrogen and oxygen atoms in total. The third kappa shape index (κ3) is 2.94. The van der Waals surface area contributed by atoms with Crippen LogP contribution in [0.15, 0.2) is 35.2 Å². The number of halogens is 2. The second kappa shape index (κ2) is 6.24. The molecule has 20 heavy (non-hydrogen) atoms. The van der Waals surface area contributed by atoms with E-state index in [-0.39, 0.29) is 16.4 Å². The van der Waals surface area contributed by atoms with Crippen LogP contribution in [0.3, 0.4) is 0 Å². The van der Waals surface area contributed by atoms with E-state index < -0.39 is 11.8 Å². The monoisotopic (exact) mass is 311 g/mol. The van der Waals surface area contributed by atoms with E-state index in [1.54, 1.807) is 23.9 Å². The van der Waals surface area contributed by atoms with Crippen LogP contribution in [-0.2, 0) is 4.74 Å². The van der Waals surface area contributed by atoms with Gasteiger partial charge in [-0.3, -0.25) is 0 Å². The molecule has 0 saturated carbocycles. The molecule has 6 heteroatoms. The lowest BCUT2D eigenvalue weighted by Gasteiger charge is -2.07. The summed E-state index contributed by atoms with van der Waals surface area (Å²) in [4.78, 5) is 16.6. The molecule has 1 heterocycles. The van der Waals surface area contributed by atoms with Crippen LogP contribution in [0, 0.1) is 5.82 Å². The number of aromatic nitrogens is 1. The van der Waals surface area contributed by atoms with E-state index in [0.29, 0.717) is 5.56 Å². The van der Waals surface area contributed by atoms with Crippen LogP contribution in [-0.4, -0.2) is 24.3 Å².